The summed E-state index contributed by atoms with van der Waals surface area (Å²) in [5, 5.41) is 2.50. The van der Waals surface area contributed by atoms with Gasteiger partial charge in [-0.25, -0.2) is 13.2 Å². The number of anilines is 2. The summed E-state index contributed by atoms with van der Waals surface area (Å²) in [4.78, 5) is 30.7. The van der Waals surface area contributed by atoms with Crippen molar-refractivity contribution < 1.29 is 32.2 Å². The monoisotopic (exact) mass is 436 g/mol. The molecular formula is C18H20N4O7S. The first kappa shape index (κ1) is 22.6. The van der Waals surface area contributed by atoms with Gasteiger partial charge in [0.05, 0.1) is 25.7 Å². The van der Waals surface area contributed by atoms with E-state index in [0.717, 1.165) is 12.2 Å². The van der Waals surface area contributed by atoms with Gasteiger partial charge in [0.25, 0.3) is 10.0 Å². The Kier molecular flexibility index (Phi) is 7.69. The lowest BCUT2D eigenvalue weighted by atomic mass is 10.3. The predicted molar refractivity (Wildman–Crippen MR) is 107 cm³/mol. The molecule has 0 bridgehead atoms. The average Bonchev–Trinajstić information content (AvgIpc) is 2.72. The van der Waals surface area contributed by atoms with Gasteiger partial charge in [0.1, 0.15) is 0 Å². The summed E-state index contributed by atoms with van der Waals surface area (Å²) in [6, 6.07) is 6.61. The molecule has 1 heterocycles. The highest BCUT2D eigenvalue weighted by Crippen LogP contribution is 2.21. The van der Waals surface area contributed by atoms with Crippen LogP contribution in [0.15, 0.2) is 47.4 Å². The smallest absolute Gasteiger partial charge is 0.330 e. The Balaban J connectivity index is 2.09. The number of hydrogen-bond donors (Lipinski definition) is 2. The lowest BCUT2D eigenvalue weighted by Crippen LogP contribution is -2.15. The molecule has 2 N–H and O–H groups in total. The molecule has 0 saturated heterocycles. The minimum atomic E-state index is -3.98. The van der Waals surface area contributed by atoms with Crippen molar-refractivity contribution in [1.82, 2.24) is 9.97 Å². The minimum Gasteiger partial charge on any atom is -0.481 e. The largest absolute Gasteiger partial charge is 0.481 e. The third-order valence-corrected chi connectivity index (χ3v) is 4.77. The maximum Gasteiger partial charge on any atom is 0.330 e. The van der Waals surface area contributed by atoms with Crippen LogP contribution in [0.1, 0.15) is 6.92 Å². The molecule has 12 heteroatoms. The number of ether oxygens (including phenoxy) is 3. The Hall–Kier alpha value is -3.67. The fourth-order valence-corrected chi connectivity index (χ4v) is 3.08. The molecule has 1 amide bonds. The van der Waals surface area contributed by atoms with Gasteiger partial charge in [-0.3, -0.25) is 9.52 Å². The first-order valence-electron chi connectivity index (χ1n) is 8.53. The number of carbonyl (C=O) groups is 2. The van der Waals surface area contributed by atoms with E-state index in [0.29, 0.717) is 5.69 Å². The lowest BCUT2D eigenvalue weighted by Gasteiger charge is -2.10. The third-order valence-electron chi connectivity index (χ3n) is 3.40. The van der Waals surface area contributed by atoms with Crippen molar-refractivity contribution in [3.05, 3.63) is 42.5 Å². The van der Waals surface area contributed by atoms with E-state index in [1.54, 1.807) is 6.92 Å². The van der Waals surface area contributed by atoms with Crippen LogP contribution in [0.2, 0.25) is 0 Å². The fraction of sp³-hybridized carbons (Fsp3) is 0.222. The number of aromatic nitrogens is 2. The van der Waals surface area contributed by atoms with E-state index in [1.807, 2.05) is 0 Å². The van der Waals surface area contributed by atoms with Crippen LogP contribution in [-0.2, 0) is 24.3 Å². The summed E-state index contributed by atoms with van der Waals surface area (Å²) in [6.07, 6.45) is 2.01. The van der Waals surface area contributed by atoms with E-state index in [-0.39, 0.29) is 29.2 Å². The van der Waals surface area contributed by atoms with Gasteiger partial charge in [-0.1, -0.05) is 0 Å². The van der Waals surface area contributed by atoms with E-state index < -0.39 is 21.9 Å². The second-order valence-corrected chi connectivity index (χ2v) is 7.17. The molecular weight excluding hydrogens is 416 g/mol. The number of amides is 1. The number of nitrogens with one attached hydrogen (secondary N) is 2. The van der Waals surface area contributed by atoms with Crippen LogP contribution >= 0.6 is 0 Å². The summed E-state index contributed by atoms with van der Waals surface area (Å²) in [5.41, 5.74) is 0.331. The van der Waals surface area contributed by atoms with Gasteiger partial charge < -0.3 is 19.5 Å². The van der Waals surface area contributed by atoms with Crippen LogP contribution in [0.5, 0.6) is 11.9 Å². The van der Waals surface area contributed by atoms with Crippen molar-refractivity contribution in [3.8, 4) is 11.9 Å². The quantitative estimate of drug-likeness (QED) is 0.439. The molecule has 0 spiro atoms. The summed E-state index contributed by atoms with van der Waals surface area (Å²) >= 11 is 0. The Morgan fingerprint density at radius 1 is 1.07 bits per heavy atom. The molecule has 0 atom stereocenters. The molecule has 160 valence electrons. The minimum absolute atomic E-state index is 0.0415. The number of sulfonamides is 1. The Morgan fingerprint density at radius 2 is 1.77 bits per heavy atom. The van der Waals surface area contributed by atoms with Gasteiger partial charge in [-0.15, -0.1) is 0 Å². The maximum atomic E-state index is 12.6. The number of methoxy groups -OCH3 is 2. The van der Waals surface area contributed by atoms with Crippen molar-refractivity contribution >= 4 is 33.4 Å². The van der Waals surface area contributed by atoms with Crippen molar-refractivity contribution in [3.63, 3.8) is 0 Å². The molecule has 0 aliphatic heterocycles. The zero-order valence-corrected chi connectivity index (χ0v) is 17.2. The summed E-state index contributed by atoms with van der Waals surface area (Å²) in [5.74, 6) is -1.14. The molecule has 0 radical (unpaired) electrons. The standard InChI is InChI=1S/C18H20N4O7S/c1-4-29-17(24)10-9-15(23)19-12-5-7-13(8-6-12)30(25,26)22-14-11-16(27-2)21-18(20-14)28-3/h5-11H,4H2,1-3H3,(H,19,23)(H,20,21,22)/b10-9+. The second kappa shape index (κ2) is 10.2. The molecule has 2 aromatic rings. The maximum absolute atomic E-state index is 12.6. The topological polar surface area (TPSA) is 146 Å². The SMILES string of the molecule is CCOC(=O)/C=C/C(=O)Nc1ccc(S(=O)(=O)Nc2cc(OC)nc(OC)n2)cc1. The molecule has 0 aliphatic carbocycles. The first-order chi connectivity index (χ1) is 14.3. The van der Waals surface area contributed by atoms with E-state index in [9.17, 15) is 18.0 Å². The molecule has 30 heavy (non-hydrogen) atoms. The van der Waals surface area contributed by atoms with Crippen LogP contribution in [0.4, 0.5) is 11.5 Å². The molecule has 1 aromatic carbocycles. The fourth-order valence-electron chi connectivity index (χ4n) is 2.08. The Bertz CT molecular complexity index is 1010. The van der Waals surface area contributed by atoms with Crippen LogP contribution in [0.3, 0.4) is 0 Å². The Morgan fingerprint density at radius 3 is 2.37 bits per heavy atom. The Labute approximate surface area is 173 Å². The van der Waals surface area contributed by atoms with Crippen molar-refractivity contribution in [2.45, 2.75) is 11.8 Å². The summed E-state index contributed by atoms with van der Waals surface area (Å²) < 4.78 is 42.0. The lowest BCUT2D eigenvalue weighted by molar-refractivity contribution is -0.137. The van der Waals surface area contributed by atoms with E-state index in [1.165, 1.54) is 44.6 Å². The highest BCUT2D eigenvalue weighted by atomic mass is 32.2. The molecule has 11 nitrogen and oxygen atoms in total. The van der Waals surface area contributed by atoms with Crippen LogP contribution in [0.25, 0.3) is 0 Å². The molecule has 0 unspecified atom stereocenters. The van der Waals surface area contributed by atoms with Gasteiger partial charge in [-0.2, -0.15) is 9.97 Å². The predicted octanol–water partition coefficient (Wildman–Crippen LogP) is 1.35. The molecule has 2 rings (SSSR count). The number of benzene rings is 1. The highest BCUT2D eigenvalue weighted by Gasteiger charge is 2.17. The third kappa shape index (κ3) is 6.44. The first-order valence-corrected chi connectivity index (χ1v) is 10.0. The van der Waals surface area contributed by atoms with Gasteiger partial charge in [0, 0.05) is 23.9 Å². The van der Waals surface area contributed by atoms with Gasteiger partial charge in [0.15, 0.2) is 5.82 Å². The van der Waals surface area contributed by atoms with E-state index >= 15 is 0 Å². The molecule has 0 saturated carbocycles. The van der Waals surface area contributed by atoms with Gasteiger partial charge in [-0.05, 0) is 31.2 Å². The van der Waals surface area contributed by atoms with Crippen molar-refractivity contribution in [1.29, 1.82) is 0 Å². The molecule has 0 aliphatic rings. The average molecular weight is 436 g/mol. The summed E-state index contributed by atoms with van der Waals surface area (Å²) in [7, 11) is -1.27. The van der Waals surface area contributed by atoms with E-state index in [2.05, 4.69) is 24.7 Å². The van der Waals surface area contributed by atoms with Crippen LogP contribution in [-0.4, -0.2) is 51.1 Å². The summed E-state index contributed by atoms with van der Waals surface area (Å²) in [6.45, 7) is 1.84. The number of nitrogens with zero attached hydrogens (tertiary/aromatic N) is 2. The number of esters is 1. The van der Waals surface area contributed by atoms with Gasteiger partial charge >= 0.3 is 12.0 Å². The van der Waals surface area contributed by atoms with Crippen molar-refractivity contribution in [2.24, 2.45) is 0 Å². The van der Waals surface area contributed by atoms with Crippen molar-refractivity contribution in [2.75, 3.05) is 30.9 Å². The second-order valence-electron chi connectivity index (χ2n) is 5.49. The molecule has 0 fully saturated rings. The van der Waals surface area contributed by atoms with Gasteiger partial charge in [0.2, 0.25) is 11.8 Å². The normalized spacial score (nSPS) is 11.0. The van der Waals surface area contributed by atoms with Crippen LogP contribution in [0, 0.1) is 0 Å². The van der Waals surface area contributed by atoms with Crippen LogP contribution < -0.4 is 19.5 Å². The number of hydrogen-bond acceptors (Lipinski definition) is 9. The zero-order valence-electron chi connectivity index (χ0n) is 16.4. The number of rotatable bonds is 9. The number of carbonyl (C=O) groups excluding carboxylic acids is 2. The molecule has 1 aromatic heterocycles. The zero-order chi connectivity index (χ0) is 22.1. The van der Waals surface area contributed by atoms with E-state index in [4.69, 9.17) is 9.47 Å². The highest BCUT2D eigenvalue weighted by molar-refractivity contribution is 7.92.